The summed E-state index contributed by atoms with van der Waals surface area (Å²) in [6.45, 7) is 3.01. The molecular formula is C21H22FN3O2. The molecule has 0 radical (unpaired) electrons. The number of fused-ring (bicyclic) bond motifs is 2. The van der Waals surface area contributed by atoms with Gasteiger partial charge in [0.15, 0.2) is 0 Å². The van der Waals surface area contributed by atoms with Gasteiger partial charge in [-0.25, -0.2) is 4.39 Å². The fourth-order valence-corrected chi connectivity index (χ4v) is 3.46. The number of carbonyl (C=O) groups excluding carboxylic acids is 1. The number of nitrogens with one attached hydrogen (secondary N) is 2. The van der Waals surface area contributed by atoms with Crippen molar-refractivity contribution >= 4 is 22.5 Å². The van der Waals surface area contributed by atoms with Crippen molar-refractivity contribution in [2.24, 2.45) is 0 Å². The molecule has 1 aliphatic rings. The normalized spacial score (nSPS) is 13.0. The van der Waals surface area contributed by atoms with Crippen LogP contribution in [0, 0.1) is 5.82 Å². The average molecular weight is 367 g/mol. The third kappa shape index (κ3) is 3.80. The van der Waals surface area contributed by atoms with Gasteiger partial charge in [0.05, 0.1) is 12.1 Å². The van der Waals surface area contributed by atoms with E-state index >= 15 is 0 Å². The predicted molar refractivity (Wildman–Crippen MR) is 104 cm³/mol. The molecule has 0 fully saturated rings. The van der Waals surface area contributed by atoms with Gasteiger partial charge in [-0.3, -0.25) is 4.79 Å². The van der Waals surface area contributed by atoms with E-state index in [0.717, 1.165) is 19.5 Å². The van der Waals surface area contributed by atoms with Crippen LogP contribution in [0.2, 0.25) is 0 Å². The van der Waals surface area contributed by atoms with Crippen LogP contribution in [0.3, 0.4) is 0 Å². The van der Waals surface area contributed by atoms with E-state index in [2.05, 4.69) is 51.7 Å². The molecule has 3 aromatic rings. The summed E-state index contributed by atoms with van der Waals surface area (Å²) in [5.74, 6) is -0.0418. The van der Waals surface area contributed by atoms with E-state index in [9.17, 15) is 9.18 Å². The van der Waals surface area contributed by atoms with Gasteiger partial charge in [0.1, 0.15) is 18.2 Å². The Morgan fingerprint density at radius 2 is 2.04 bits per heavy atom. The number of benzene rings is 2. The lowest BCUT2D eigenvalue weighted by Gasteiger charge is -2.11. The molecule has 0 saturated carbocycles. The number of ether oxygens (including phenoxy) is 1. The van der Waals surface area contributed by atoms with Crippen molar-refractivity contribution in [3.8, 4) is 5.75 Å². The number of aryl methyl sites for hydroxylation is 1. The fraction of sp³-hybridized carbons (Fsp3) is 0.286. The molecular weight excluding hydrogens is 345 g/mol. The van der Waals surface area contributed by atoms with Gasteiger partial charge in [-0.15, -0.1) is 0 Å². The number of halogens is 1. The SMILES string of the molecule is O=C1Cc2c(OCCNCCCn3ccc4ccccc43)ccc(F)c2N1. The highest BCUT2D eigenvalue weighted by Gasteiger charge is 2.24. The molecule has 0 bridgehead atoms. The molecule has 2 aromatic carbocycles. The van der Waals surface area contributed by atoms with Crippen molar-refractivity contribution in [1.29, 1.82) is 0 Å². The minimum atomic E-state index is -0.418. The molecule has 5 nitrogen and oxygen atoms in total. The lowest BCUT2D eigenvalue weighted by Crippen LogP contribution is -2.23. The highest BCUT2D eigenvalue weighted by Crippen LogP contribution is 2.33. The lowest BCUT2D eigenvalue weighted by molar-refractivity contribution is -0.115. The Morgan fingerprint density at radius 3 is 2.96 bits per heavy atom. The van der Waals surface area contributed by atoms with Crippen LogP contribution in [0.25, 0.3) is 10.9 Å². The van der Waals surface area contributed by atoms with Crippen LogP contribution < -0.4 is 15.4 Å². The standard InChI is InChI=1S/C21H22FN3O2/c22-17-6-7-19(16-14-20(26)24-21(16)17)27-13-10-23-9-3-11-25-12-8-15-4-1-2-5-18(15)25/h1-2,4-8,12,23H,3,9-11,13-14H2,(H,24,26). The van der Waals surface area contributed by atoms with Crippen molar-refractivity contribution in [3.63, 3.8) is 0 Å². The van der Waals surface area contributed by atoms with E-state index < -0.39 is 5.82 Å². The van der Waals surface area contributed by atoms with Gasteiger partial charge in [-0.05, 0) is 42.6 Å². The van der Waals surface area contributed by atoms with Crippen LogP contribution in [0.15, 0.2) is 48.7 Å². The Bertz CT molecular complexity index is 967. The Kier molecular flexibility index (Phi) is 5.07. The quantitative estimate of drug-likeness (QED) is 0.601. The summed E-state index contributed by atoms with van der Waals surface area (Å²) in [5.41, 5.74) is 2.12. The first-order valence-corrected chi connectivity index (χ1v) is 9.21. The molecule has 0 aliphatic carbocycles. The second kappa shape index (κ2) is 7.80. The van der Waals surface area contributed by atoms with Crippen LogP contribution in [0.1, 0.15) is 12.0 Å². The van der Waals surface area contributed by atoms with Crippen LogP contribution in [-0.2, 0) is 17.8 Å². The van der Waals surface area contributed by atoms with Crippen molar-refractivity contribution in [2.75, 3.05) is 25.0 Å². The molecule has 0 spiro atoms. The van der Waals surface area contributed by atoms with Crippen LogP contribution >= 0.6 is 0 Å². The molecule has 0 saturated heterocycles. The van der Waals surface area contributed by atoms with Gasteiger partial charge in [0.2, 0.25) is 5.91 Å². The zero-order valence-corrected chi connectivity index (χ0v) is 15.0. The van der Waals surface area contributed by atoms with Gasteiger partial charge in [0.25, 0.3) is 0 Å². The predicted octanol–water partition coefficient (Wildman–Crippen LogP) is 3.33. The van der Waals surface area contributed by atoms with Gasteiger partial charge in [-0.2, -0.15) is 0 Å². The van der Waals surface area contributed by atoms with Gasteiger partial charge < -0.3 is 19.9 Å². The maximum absolute atomic E-state index is 13.7. The van der Waals surface area contributed by atoms with Crippen molar-refractivity contribution < 1.29 is 13.9 Å². The summed E-state index contributed by atoms with van der Waals surface area (Å²) in [7, 11) is 0. The molecule has 1 amide bonds. The van der Waals surface area contributed by atoms with E-state index in [4.69, 9.17) is 4.74 Å². The monoisotopic (exact) mass is 367 g/mol. The molecule has 140 valence electrons. The molecule has 27 heavy (non-hydrogen) atoms. The molecule has 2 N–H and O–H groups in total. The number of hydrogen-bond donors (Lipinski definition) is 2. The number of aromatic nitrogens is 1. The van der Waals surface area contributed by atoms with E-state index in [0.29, 0.717) is 24.5 Å². The number of hydrogen-bond acceptors (Lipinski definition) is 3. The summed E-state index contributed by atoms with van der Waals surface area (Å²) in [6.07, 6.45) is 3.31. The maximum Gasteiger partial charge on any atom is 0.229 e. The summed E-state index contributed by atoms with van der Waals surface area (Å²) >= 11 is 0. The van der Waals surface area contributed by atoms with Crippen molar-refractivity contribution in [3.05, 3.63) is 60.0 Å². The summed E-state index contributed by atoms with van der Waals surface area (Å²) < 4.78 is 21.7. The first-order chi connectivity index (χ1) is 13.2. The minimum absolute atomic E-state index is 0.167. The second-order valence-electron chi connectivity index (χ2n) is 6.64. The zero-order chi connectivity index (χ0) is 18.6. The molecule has 0 unspecified atom stereocenters. The Morgan fingerprint density at radius 1 is 1.15 bits per heavy atom. The third-order valence-electron chi connectivity index (χ3n) is 4.79. The Labute approximate surface area is 157 Å². The zero-order valence-electron chi connectivity index (χ0n) is 15.0. The summed E-state index contributed by atoms with van der Waals surface area (Å²) in [6, 6.07) is 13.4. The number of nitrogens with zero attached hydrogens (tertiary/aromatic N) is 1. The van der Waals surface area contributed by atoms with Gasteiger partial charge in [-0.1, -0.05) is 18.2 Å². The molecule has 0 atom stereocenters. The Balaban J connectivity index is 1.20. The minimum Gasteiger partial charge on any atom is -0.492 e. The maximum atomic E-state index is 13.7. The molecule has 2 heterocycles. The molecule has 6 heteroatoms. The number of rotatable bonds is 8. The fourth-order valence-electron chi connectivity index (χ4n) is 3.46. The first kappa shape index (κ1) is 17.5. The van der Waals surface area contributed by atoms with E-state index in [1.54, 1.807) is 6.07 Å². The highest BCUT2D eigenvalue weighted by molar-refractivity contribution is 6.00. The topological polar surface area (TPSA) is 55.3 Å². The number of anilines is 1. The van der Waals surface area contributed by atoms with Crippen LogP contribution in [-0.4, -0.2) is 30.2 Å². The average Bonchev–Trinajstić information content (AvgIpc) is 3.27. The van der Waals surface area contributed by atoms with Crippen molar-refractivity contribution in [1.82, 2.24) is 9.88 Å². The number of carbonyl (C=O) groups is 1. The highest BCUT2D eigenvalue weighted by atomic mass is 19.1. The Hall–Kier alpha value is -2.86. The lowest BCUT2D eigenvalue weighted by atomic mass is 10.1. The van der Waals surface area contributed by atoms with Gasteiger partial charge in [0, 0.05) is 30.4 Å². The van der Waals surface area contributed by atoms with Crippen molar-refractivity contribution in [2.45, 2.75) is 19.4 Å². The third-order valence-corrected chi connectivity index (χ3v) is 4.79. The smallest absolute Gasteiger partial charge is 0.229 e. The molecule has 1 aromatic heterocycles. The van der Waals surface area contributed by atoms with E-state index in [1.807, 2.05) is 0 Å². The number of amides is 1. The van der Waals surface area contributed by atoms with Crippen LogP contribution in [0.5, 0.6) is 5.75 Å². The summed E-state index contributed by atoms with van der Waals surface area (Å²) in [4.78, 5) is 11.5. The van der Waals surface area contributed by atoms with E-state index in [-0.39, 0.29) is 18.0 Å². The van der Waals surface area contributed by atoms with Crippen LogP contribution in [0.4, 0.5) is 10.1 Å². The first-order valence-electron chi connectivity index (χ1n) is 9.21. The summed E-state index contributed by atoms with van der Waals surface area (Å²) in [5, 5.41) is 7.16. The van der Waals surface area contributed by atoms with Gasteiger partial charge >= 0.3 is 0 Å². The second-order valence-corrected chi connectivity index (χ2v) is 6.64. The number of para-hydroxylation sites is 1. The van der Waals surface area contributed by atoms with E-state index in [1.165, 1.54) is 17.0 Å². The largest absolute Gasteiger partial charge is 0.492 e. The molecule has 1 aliphatic heterocycles. The molecule has 4 rings (SSSR count).